The van der Waals surface area contributed by atoms with Crippen molar-refractivity contribution in [1.29, 1.82) is 0 Å². The number of thiophene rings is 1. The van der Waals surface area contributed by atoms with E-state index in [1.165, 1.54) is 5.56 Å². The molecule has 0 spiro atoms. The SMILES string of the molecule is C[C@H](Cc1ccsc1)NC(=O)Nc1cc(N2CCOCC2)ccc1Cl. The van der Waals surface area contributed by atoms with Gasteiger partial charge < -0.3 is 20.3 Å². The predicted octanol–water partition coefficient (Wildman–Crippen LogP) is 3.99. The van der Waals surface area contributed by atoms with Crippen LogP contribution in [0.3, 0.4) is 0 Å². The maximum atomic E-state index is 12.3. The molecule has 0 unspecified atom stereocenters. The van der Waals surface area contributed by atoms with E-state index in [4.69, 9.17) is 16.3 Å². The van der Waals surface area contributed by atoms with Gasteiger partial charge >= 0.3 is 6.03 Å². The molecule has 2 aromatic rings. The number of halogens is 1. The lowest BCUT2D eigenvalue weighted by Crippen LogP contribution is -2.37. The smallest absolute Gasteiger partial charge is 0.319 e. The molecule has 7 heteroatoms. The average molecular weight is 380 g/mol. The van der Waals surface area contributed by atoms with E-state index < -0.39 is 0 Å². The number of anilines is 2. The third-order valence-electron chi connectivity index (χ3n) is 4.07. The summed E-state index contributed by atoms with van der Waals surface area (Å²) in [4.78, 5) is 14.5. The van der Waals surface area contributed by atoms with Crippen LogP contribution in [0.2, 0.25) is 5.02 Å². The molecular weight excluding hydrogens is 358 g/mol. The first kappa shape index (κ1) is 18.0. The standard InChI is InChI=1S/C18H22ClN3O2S/c1-13(10-14-4-9-25-12-14)20-18(23)21-17-11-15(2-3-16(17)19)22-5-7-24-8-6-22/h2-4,9,11-13H,5-8,10H2,1H3,(H2,20,21,23)/t13-/m1/s1. The lowest BCUT2D eigenvalue weighted by Gasteiger charge is -2.29. The molecule has 5 nitrogen and oxygen atoms in total. The largest absolute Gasteiger partial charge is 0.378 e. The summed E-state index contributed by atoms with van der Waals surface area (Å²) in [6.07, 6.45) is 0.804. The van der Waals surface area contributed by atoms with E-state index >= 15 is 0 Å². The minimum absolute atomic E-state index is 0.0378. The van der Waals surface area contributed by atoms with Crippen molar-refractivity contribution in [2.75, 3.05) is 36.5 Å². The highest BCUT2D eigenvalue weighted by Gasteiger charge is 2.15. The summed E-state index contributed by atoms with van der Waals surface area (Å²) in [6, 6.07) is 7.56. The van der Waals surface area contributed by atoms with Gasteiger partial charge in [0.1, 0.15) is 0 Å². The number of nitrogens with one attached hydrogen (secondary N) is 2. The lowest BCUT2D eigenvalue weighted by atomic mass is 10.1. The Bertz CT molecular complexity index is 702. The minimum Gasteiger partial charge on any atom is -0.378 e. The van der Waals surface area contributed by atoms with E-state index in [9.17, 15) is 4.79 Å². The van der Waals surface area contributed by atoms with Crippen LogP contribution in [0.15, 0.2) is 35.0 Å². The van der Waals surface area contributed by atoms with Gasteiger partial charge in [-0.1, -0.05) is 11.6 Å². The molecule has 1 aliphatic heterocycles. The van der Waals surface area contributed by atoms with Crippen LogP contribution in [0.1, 0.15) is 12.5 Å². The zero-order valence-corrected chi connectivity index (χ0v) is 15.7. The van der Waals surface area contributed by atoms with Gasteiger partial charge in [0.25, 0.3) is 0 Å². The molecule has 1 aliphatic rings. The number of ether oxygens (including phenoxy) is 1. The van der Waals surface area contributed by atoms with Gasteiger partial charge in [0, 0.05) is 24.8 Å². The van der Waals surface area contributed by atoms with E-state index in [0.717, 1.165) is 25.2 Å². The van der Waals surface area contributed by atoms with Crippen LogP contribution < -0.4 is 15.5 Å². The molecule has 0 saturated carbocycles. The number of carbonyl (C=O) groups excluding carboxylic acids is 1. The first-order chi connectivity index (χ1) is 12.1. The van der Waals surface area contributed by atoms with E-state index in [-0.39, 0.29) is 12.1 Å². The molecule has 1 fully saturated rings. The highest BCUT2D eigenvalue weighted by atomic mass is 35.5. The van der Waals surface area contributed by atoms with Crippen LogP contribution in [0.5, 0.6) is 0 Å². The second kappa shape index (κ2) is 8.56. The molecule has 1 aromatic carbocycles. The number of carbonyl (C=O) groups is 1. The molecule has 2 amide bonds. The van der Waals surface area contributed by atoms with Gasteiger partial charge in [-0.15, -0.1) is 0 Å². The summed E-state index contributed by atoms with van der Waals surface area (Å²) in [5, 5.41) is 10.5. The number of benzene rings is 1. The molecule has 0 radical (unpaired) electrons. The third kappa shape index (κ3) is 5.11. The van der Waals surface area contributed by atoms with Crippen LogP contribution in [-0.2, 0) is 11.2 Å². The second-order valence-electron chi connectivity index (χ2n) is 6.10. The van der Waals surface area contributed by atoms with Gasteiger partial charge in [0.2, 0.25) is 0 Å². The van der Waals surface area contributed by atoms with Crippen molar-refractivity contribution >= 4 is 40.3 Å². The number of rotatable bonds is 5. The van der Waals surface area contributed by atoms with Crippen LogP contribution in [0, 0.1) is 0 Å². The molecule has 3 rings (SSSR count). The first-order valence-electron chi connectivity index (χ1n) is 8.32. The van der Waals surface area contributed by atoms with Gasteiger partial charge in [0.15, 0.2) is 0 Å². The van der Waals surface area contributed by atoms with Gasteiger partial charge in [-0.3, -0.25) is 0 Å². The molecule has 1 aromatic heterocycles. The summed E-state index contributed by atoms with van der Waals surface area (Å²) in [6.45, 7) is 5.09. The quantitative estimate of drug-likeness (QED) is 0.825. The van der Waals surface area contributed by atoms with Crippen molar-refractivity contribution in [2.24, 2.45) is 0 Å². The summed E-state index contributed by atoms with van der Waals surface area (Å²) in [5.74, 6) is 0. The third-order valence-corrected chi connectivity index (χ3v) is 5.14. The average Bonchev–Trinajstić information content (AvgIpc) is 3.10. The Morgan fingerprint density at radius 2 is 2.16 bits per heavy atom. The Morgan fingerprint density at radius 3 is 2.88 bits per heavy atom. The predicted molar refractivity (Wildman–Crippen MR) is 104 cm³/mol. The molecule has 134 valence electrons. The number of hydrogen-bond donors (Lipinski definition) is 2. The van der Waals surface area contributed by atoms with E-state index in [2.05, 4.69) is 27.0 Å². The summed E-state index contributed by atoms with van der Waals surface area (Å²) in [7, 11) is 0. The monoisotopic (exact) mass is 379 g/mol. The highest BCUT2D eigenvalue weighted by Crippen LogP contribution is 2.28. The fourth-order valence-electron chi connectivity index (χ4n) is 2.82. The topological polar surface area (TPSA) is 53.6 Å². The van der Waals surface area contributed by atoms with E-state index in [1.54, 1.807) is 11.3 Å². The second-order valence-corrected chi connectivity index (χ2v) is 7.29. The molecule has 25 heavy (non-hydrogen) atoms. The zero-order valence-electron chi connectivity index (χ0n) is 14.1. The van der Waals surface area contributed by atoms with Crippen molar-refractivity contribution in [2.45, 2.75) is 19.4 Å². The van der Waals surface area contributed by atoms with E-state index in [1.807, 2.05) is 30.5 Å². The maximum Gasteiger partial charge on any atom is 0.319 e. The van der Waals surface area contributed by atoms with Crippen molar-refractivity contribution in [3.63, 3.8) is 0 Å². The van der Waals surface area contributed by atoms with Crippen molar-refractivity contribution < 1.29 is 9.53 Å². The number of amides is 2. The van der Waals surface area contributed by atoms with Crippen LogP contribution in [0.25, 0.3) is 0 Å². The molecule has 1 saturated heterocycles. The lowest BCUT2D eigenvalue weighted by molar-refractivity contribution is 0.122. The molecule has 0 aliphatic carbocycles. The molecular formula is C18H22ClN3O2S. The minimum atomic E-state index is -0.247. The van der Waals surface area contributed by atoms with Crippen molar-refractivity contribution in [3.8, 4) is 0 Å². The highest BCUT2D eigenvalue weighted by molar-refractivity contribution is 7.07. The summed E-state index contributed by atoms with van der Waals surface area (Å²) >= 11 is 7.91. The van der Waals surface area contributed by atoms with Crippen LogP contribution >= 0.6 is 22.9 Å². The number of morpholine rings is 1. The Labute approximate surface area is 156 Å². The zero-order chi connectivity index (χ0) is 17.6. The Kier molecular flexibility index (Phi) is 6.18. The number of nitrogens with zero attached hydrogens (tertiary/aromatic N) is 1. The van der Waals surface area contributed by atoms with Crippen LogP contribution in [0.4, 0.5) is 16.2 Å². The van der Waals surface area contributed by atoms with Gasteiger partial charge in [0.05, 0.1) is 23.9 Å². The molecule has 2 N–H and O–H groups in total. The van der Waals surface area contributed by atoms with Gasteiger partial charge in [-0.05, 0) is 53.9 Å². The van der Waals surface area contributed by atoms with Crippen molar-refractivity contribution in [1.82, 2.24) is 5.32 Å². The first-order valence-corrected chi connectivity index (χ1v) is 9.65. The number of hydrogen-bond acceptors (Lipinski definition) is 4. The Balaban J connectivity index is 1.60. The summed E-state index contributed by atoms with van der Waals surface area (Å²) in [5.41, 5.74) is 2.88. The Morgan fingerprint density at radius 1 is 1.36 bits per heavy atom. The van der Waals surface area contributed by atoms with E-state index in [0.29, 0.717) is 23.9 Å². The fourth-order valence-corrected chi connectivity index (χ4v) is 3.67. The molecule has 1 atom stereocenters. The van der Waals surface area contributed by atoms with Gasteiger partial charge in [-0.25, -0.2) is 4.79 Å². The summed E-state index contributed by atoms with van der Waals surface area (Å²) < 4.78 is 5.38. The van der Waals surface area contributed by atoms with Crippen molar-refractivity contribution in [3.05, 3.63) is 45.6 Å². The van der Waals surface area contributed by atoms with Crippen LogP contribution in [-0.4, -0.2) is 38.4 Å². The van der Waals surface area contributed by atoms with Gasteiger partial charge in [-0.2, -0.15) is 11.3 Å². The Hall–Kier alpha value is -1.76. The molecule has 2 heterocycles. The normalized spacial score (nSPS) is 15.7. The molecule has 0 bridgehead atoms. The fraction of sp³-hybridized carbons (Fsp3) is 0.389. The number of urea groups is 1. The maximum absolute atomic E-state index is 12.3.